The molecule has 1 aliphatic rings. The van der Waals surface area contributed by atoms with Crippen LogP contribution in [-0.2, 0) is 9.47 Å². The second-order valence-electron chi connectivity index (χ2n) is 6.52. The Morgan fingerprint density at radius 1 is 1.18 bits per heavy atom. The van der Waals surface area contributed by atoms with E-state index in [4.69, 9.17) is 14.6 Å². The van der Waals surface area contributed by atoms with Crippen LogP contribution in [0.5, 0.6) is 0 Å². The lowest BCUT2D eigenvalue weighted by Crippen LogP contribution is -2.52. The Bertz CT molecular complexity index is 397. The molecule has 0 bridgehead atoms. The number of aliphatic hydroxyl groups excluding tert-OH is 1. The highest BCUT2D eigenvalue weighted by molar-refractivity contribution is 5.70. The van der Waals surface area contributed by atoms with Gasteiger partial charge in [0, 0.05) is 0 Å². The summed E-state index contributed by atoms with van der Waals surface area (Å²) in [5.74, 6) is 0. The molecule has 22 heavy (non-hydrogen) atoms. The van der Waals surface area contributed by atoms with Gasteiger partial charge in [-0.05, 0) is 47.0 Å². The Morgan fingerprint density at radius 3 is 2.36 bits per heavy atom. The van der Waals surface area contributed by atoms with Crippen molar-refractivity contribution in [1.29, 1.82) is 0 Å². The van der Waals surface area contributed by atoms with E-state index in [1.165, 1.54) is 0 Å². The first kappa shape index (κ1) is 18.7. The molecular formula is C17H29NO4. The first-order chi connectivity index (χ1) is 10.3. The zero-order valence-corrected chi connectivity index (χ0v) is 14.2. The van der Waals surface area contributed by atoms with Gasteiger partial charge in [-0.2, -0.15) is 0 Å². The van der Waals surface area contributed by atoms with Crippen LogP contribution in [-0.4, -0.2) is 47.2 Å². The van der Waals surface area contributed by atoms with Gasteiger partial charge in [0.2, 0.25) is 0 Å². The molecule has 0 atom stereocenters. The smallest absolute Gasteiger partial charge is 0.412 e. The SMILES string of the molecule is CC1(C)COC(C)(C)N1C(=O)OC/C=C/CCC/C=C\CO. The molecule has 0 saturated carbocycles. The number of carbonyl (C=O) groups excluding carboxylic acids is 1. The fourth-order valence-electron chi connectivity index (χ4n) is 2.59. The minimum absolute atomic E-state index is 0.0959. The van der Waals surface area contributed by atoms with E-state index in [0.717, 1.165) is 19.3 Å². The summed E-state index contributed by atoms with van der Waals surface area (Å²) in [6.45, 7) is 8.56. The van der Waals surface area contributed by atoms with Crippen LogP contribution in [0.15, 0.2) is 24.3 Å². The molecular weight excluding hydrogens is 282 g/mol. The van der Waals surface area contributed by atoms with E-state index in [1.54, 1.807) is 11.0 Å². The third-order valence-corrected chi connectivity index (χ3v) is 3.59. The van der Waals surface area contributed by atoms with Crippen molar-refractivity contribution in [3.8, 4) is 0 Å². The molecule has 0 aliphatic carbocycles. The zero-order chi connectivity index (χ0) is 16.6. The van der Waals surface area contributed by atoms with Crippen LogP contribution in [0, 0.1) is 0 Å². The van der Waals surface area contributed by atoms with Crippen molar-refractivity contribution in [3.05, 3.63) is 24.3 Å². The summed E-state index contributed by atoms with van der Waals surface area (Å²) >= 11 is 0. The molecule has 1 amide bonds. The lowest BCUT2D eigenvalue weighted by molar-refractivity contribution is -0.0503. The molecule has 0 spiro atoms. The minimum Gasteiger partial charge on any atom is -0.445 e. The Morgan fingerprint density at radius 2 is 1.82 bits per heavy atom. The van der Waals surface area contributed by atoms with E-state index in [9.17, 15) is 4.79 Å². The van der Waals surface area contributed by atoms with Gasteiger partial charge in [-0.1, -0.05) is 24.3 Å². The summed E-state index contributed by atoms with van der Waals surface area (Å²) in [7, 11) is 0. The van der Waals surface area contributed by atoms with Gasteiger partial charge in [-0.15, -0.1) is 0 Å². The van der Waals surface area contributed by atoms with Crippen LogP contribution >= 0.6 is 0 Å². The minimum atomic E-state index is -0.636. The summed E-state index contributed by atoms with van der Waals surface area (Å²) in [6.07, 6.45) is 10.1. The second kappa shape index (κ2) is 8.34. The van der Waals surface area contributed by atoms with Crippen molar-refractivity contribution in [2.24, 2.45) is 0 Å². The first-order valence-electron chi connectivity index (χ1n) is 7.83. The quantitative estimate of drug-likeness (QED) is 0.579. The Hall–Kier alpha value is -1.33. The summed E-state index contributed by atoms with van der Waals surface area (Å²) in [5, 5.41) is 8.59. The molecule has 5 nitrogen and oxygen atoms in total. The molecule has 1 aliphatic heterocycles. The molecule has 0 unspecified atom stereocenters. The molecule has 0 aromatic heterocycles. The average molecular weight is 311 g/mol. The molecule has 1 N–H and O–H groups in total. The maximum Gasteiger partial charge on any atom is 0.412 e. The summed E-state index contributed by atoms with van der Waals surface area (Å²) in [6, 6.07) is 0. The highest BCUT2D eigenvalue weighted by atomic mass is 16.6. The molecule has 5 heteroatoms. The van der Waals surface area contributed by atoms with E-state index in [1.807, 2.05) is 45.9 Å². The van der Waals surface area contributed by atoms with Crippen LogP contribution in [0.4, 0.5) is 4.79 Å². The van der Waals surface area contributed by atoms with Gasteiger partial charge < -0.3 is 14.6 Å². The fourth-order valence-corrected chi connectivity index (χ4v) is 2.59. The van der Waals surface area contributed by atoms with Crippen LogP contribution in [0.2, 0.25) is 0 Å². The van der Waals surface area contributed by atoms with Gasteiger partial charge in [0.15, 0.2) is 0 Å². The number of aliphatic hydroxyl groups is 1. The lowest BCUT2D eigenvalue weighted by atomic mass is 10.0. The van der Waals surface area contributed by atoms with E-state index >= 15 is 0 Å². The Kier molecular flexibility index (Phi) is 7.10. The number of unbranched alkanes of at least 4 members (excludes halogenated alkanes) is 2. The maximum absolute atomic E-state index is 12.2. The fraction of sp³-hybridized carbons (Fsp3) is 0.706. The second-order valence-corrected chi connectivity index (χ2v) is 6.52. The average Bonchev–Trinajstić information content (AvgIpc) is 2.65. The molecule has 1 heterocycles. The van der Waals surface area contributed by atoms with Gasteiger partial charge >= 0.3 is 6.09 Å². The van der Waals surface area contributed by atoms with Gasteiger partial charge in [0.1, 0.15) is 12.3 Å². The predicted octanol–water partition coefficient (Wildman–Crippen LogP) is 3.24. The van der Waals surface area contributed by atoms with Gasteiger partial charge in [0.05, 0.1) is 18.8 Å². The van der Waals surface area contributed by atoms with E-state index in [-0.39, 0.29) is 24.8 Å². The maximum atomic E-state index is 12.2. The van der Waals surface area contributed by atoms with Crippen LogP contribution in [0.1, 0.15) is 47.0 Å². The summed E-state index contributed by atoms with van der Waals surface area (Å²) < 4.78 is 11.0. The van der Waals surface area contributed by atoms with Crippen molar-refractivity contribution in [2.45, 2.75) is 58.2 Å². The number of hydrogen-bond acceptors (Lipinski definition) is 4. The molecule has 0 aromatic rings. The highest BCUT2D eigenvalue weighted by Crippen LogP contribution is 2.34. The van der Waals surface area contributed by atoms with Crippen LogP contribution in [0.25, 0.3) is 0 Å². The third kappa shape index (κ3) is 5.46. The Labute approximate surface area is 133 Å². The number of allylic oxidation sites excluding steroid dienone is 2. The highest BCUT2D eigenvalue weighted by Gasteiger charge is 2.49. The first-order valence-corrected chi connectivity index (χ1v) is 7.83. The van der Waals surface area contributed by atoms with Crippen molar-refractivity contribution in [2.75, 3.05) is 19.8 Å². The van der Waals surface area contributed by atoms with Gasteiger partial charge in [-0.3, -0.25) is 4.90 Å². The number of hydrogen-bond donors (Lipinski definition) is 1. The number of nitrogens with zero attached hydrogens (tertiary/aromatic N) is 1. The van der Waals surface area contributed by atoms with Crippen molar-refractivity contribution < 1.29 is 19.4 Å². The topological polar surface area (TPSA) is 59.0 Å². The number of amides is 1. The number of rotatable bonds is 7. The van der Waals surface area contributed by atoms with E-state index < -0.39 is 5.72 Å². The standard InChI is InChI=1S/C17H29NO4/c1-16(2)14-22-17(3,4)18(16)15(20)21-13-11-9-7-5-6-8-10-12-19/h8-11,19H,5-7,12-14H2,1-4H3/b10-8-,11-9+. The predicted molar refractivity (Wildman–Crippen MR) is 86.5 cm³/mol. The number of carbonyl (C=O) groups is 1. The van der Waals surface area contributed by atoms with Crippen LogP contribution in [0.3, 0.4) is 0 Å². The van der Waals surface area contributed by atoms with Gasteiger partial charge in [0.25, 0.3) is 0 Å². The van der Waals surface area contributed by atoms with Gasteiger partial charge in [-0.25, -0.2) is 4.79 Å². The van der Waals surface area contributed by atoms with Crippen molar-refractivity contribution >= 4 is 6.09 Å². The normalized spacial score (nSPS) is 20.1. The summed E-state index contributed by atoms with van der Waals surface area (Å²) in [4.78, 5) is 13.9. The molecule has 1 fully saturated rings. The molecule has 0 aromatic carbocycles. The Balaban J connectivity index is 2.30. The number of ether oxygens (including phenoxy) is 2. The molecule has 126 valence electrons. The summed E-state index contributed by atoms with van der Waals surface area (Å²) in [5.41, 5.74) is -0.993. The monoisotopic (exact) mass is 311 g/mol. The lowest BCUT2D eigenvalue weighted by Gasteiger charge is -2.36. The van der Waals surface area contributed by atoms with Crippen LogP contribution < -0.4 is 0 Å². The molecule has 0 radical (unpaired) electrons. The largest absolute Gasteiger partial charge is 0.445 e. The zero-order valence-electron chi connectivity index (χ0n) is 14.2. The molecule has 1 saturated heterocycles. The molecule has 1 rings (SSSR count). The van der Waals surface area contributed by atoms with E-state index in [0.29, 0.717) is 6.61 Å². The van der Waals surface area contributed by atoms with E-state index in [2.05, 4.69) is 0 Å². The third-order valence-electron chi connectivity index (χ3n) is 3.59. The van der Waals surface area contributed by atoms with Crippen molar-refractivity contribution in [1.82, 2.24) is 4.90 Å². The van der Waals surface area contributed by atoms with Crippen molar-refractivity contribution in [3.63, 3.8) is 0 Å².